The number of aliphatic hydroxyl groups excluding tert-OH is 1. The second-order valence-electron chi connectivity index (χ2n) is 4.03. The lowest BCUT2D eigenvalue weighted by Gasteiger charge is -2.12. The third-order valence-corrected chi connectivity index (χ3v) is 3.14. The molecule has 0 saturated carbocycles. The molecule has 0 fully saturated rings. The van der Waals surface area contributed by atoms with Crippen LogP contribution in [0.2, 0.25) is 0 Å². The van der Waals surface area contributed by atoms with Crippen molar-refractivity contribution in [2.45, 2.75) is 45.1 Å². The molecule has 0 aromatic heterocycles. The Hall–Kier alpha value is -0.410. The van der Waals surface area contributed by atoms with Gasteiger partial charge in [0.2, 0.25) is 0 Å². The van der Waals surface area contributed by atoms with Crippen molar-refractivity contribution in [2.24, 2.45) is 0 Å². The lowest BCUT2D eigenvalue weighted by Crippen LogP contribution is -2.00. The molecule has 0 radical (unpaired) electrons. The van der Waals surface area contributed by atoms with Crippen molar-refractivity contribution >= 4 is 15.9 Å². The van der Waals surface area contributed by atoms with E-state index in [0.29, 0.717) is 12.0 Å². The fraction of sp³-hybridized carbons (Fsp3) is 0.538. The summed E-state index contributed by atoms with van der Waals surface area (Å²) in [6.07, 6.45) is 4.33. The third-order valence-electron chi connectivity index (χ3n) is 2.65. The number of aliphatic hydroxyl groups is 1. The Balaban J connectivity index is 2.51. The Morgan fingerprint density at radius 1 is 1.31 bits per heavy atom. The molecule has 1 aromatic carbocycles. The zero-order chi connectivity index (χ0) is 12.0. The predicted octanol–water partition coefficient (Wildman–Crippen LogP) is 4.59. The smallest absolute Gasteiger partial charge is 0.129 e. The van der Waals surface area contributed by atoms with Crippen molar-refractivity contribution in [3.8, 4) is 0 Å². The van der Waals surface area contributed by atoms with E-state index >= 15 is 0 Å². The Bertz CT molecular complexity index is 328. The first-order valence-corrected chi connectivity index (χ1v) is 6.57. The van der Waals surface area contributed by atoms with Gasteiger partial charge in [-0.25, -0.2) is 4.39 Å². The molecule has 0 saturated heterocycles. The van der Waals surface area contributed by atoms with Gasteiger partial charge in [-0.3, -0.25) is 0 Å². The van der Waals surface area contributed by atoms with Crippen molar-refractivity contribution in [1.82, 2.24) is 0 Å². The second-order valence-corrected chi connectivity index (χ2v) is 4.95. The maximum absolute atomic E-state index is 13.4. The molecule has 16 heavy (non-hydrogen) atoms. The molecule has 0 spiro atoms. The van der Waals surface area contributed by atoms with Gasteiger partial charge >= 0.3 is 0 Å². The van der Waals surface area contributed by atoms with Crippen LogP contribution in [0.5, 0.6) is 0 Å². The summed E-state index contributed by atoms with van der Waals surface area (Å²) in [4.78, 5) is 0. The summed E-state index contributed by atoms with van der Waals surface area (Å²) in [6, 6.07) is 4.68. The number of unbranched alkanes of at least 4 members (excludes halogenated alkanes) is 3. The number of hydrogen-bond donors (Lipinski definition) is 1. The largest absolute Gasteiger partial charge is 0.388 e. The Morgan fingerprint density at radius 3 is 2.75 bits per heavy atom. The minimum atomic E-state index is -0.686. The Labute approximate surface area is 105 Å². The van der Waals surface area contributed by atoms with Crippen molar-refractivity contribution in [3.63, 3.8) is 0 Å². The van der Waals surface area contributed by atoms with E-state index in [1.54, 1.807) is 12.1 Å². The standard InChI is InChI=1S/C13H18BrFO/c1-2-3-4-5-6-13(16)11-9-10(14)7-8-12(11)15/h7-9,13,16H,2-6H2,1H3. The van der Waals surface area contributed by atoms with Crippen LogP contribution in [-0.2, 0) is 0 Å². The fourth-order valence-electron chi connectivity index (χ4n) is 1.69. The number of hydrogen-bond acceptors (Lipinski definition) is 1. The van der Waals surface area contributed by atoms with E-state index in [0.717, 1.165) is 17.3 Å². The summed E-state index contributed by atoms with van der Waals surface area (Å²) in [7, 11) is 0. The van der Waals surface area contributed by atoms with E-state index < -0.39 is 6.10 Å². The average molecular weight is 289 g/mol. The third kappa shape index (κ3) is 4.22. The zero-order valence-electron chi connectivity index (χ0n) is 9.55. The minimum Gasteiger partial charge on any atom is -0.388 e. The fourth-order valence-corrected chi connectivity index (χ4v) is 2.07. The molecular weight excluding hydrogens is 271 g/mol. The average Bonchev–Trinajstić information content (AvgIpc) is 2.27. The van der Waals surface area contributed by atoms with E-state index in [-0.39, 0.29) is 5.82 Å². The first-order chi connectivity index (χ1) is 7.65. The summed E-state index contributed by atoms with van der Waals surface area (Å²) < 4.78 is 14.2. The van der Waals surface area contributed by atoms with Crippen LogP contribution in [0.1, 0.15) is 50.7 Å². The Kier molecular flexibility index (Phi) is 5.99. The van der Waals surface area contributed by atoms with E-state index in [4.69, 9.17) is 0 Å². The molecule has 1 atom stereocenters. The first kappa shape index (κ1) is 13.7. The van der Waals surface area contributed by atoms with Crippen LogP contribution in [0.15, 0.2) is 22.7 Å². The van der Waals surface area contributed by atoms with Crippen LogP contribution < -0.4 is 0 Å². The summed E-state index contributed by atoms with van der Waals surface area (Å²) >= 11 is 3.28. The number of benzene rings is 1. The molecule has 0 bridgehead atoms. The molecule has 0 aliphatic rings. The highest BCUT2D eigenvalue weighted by molar-refractivity contribution is 9.10. The van der Waals surface area contributed by atoms with Crippen molar-refractivity contribution in [3.05, 3.63) is 34.1 Å². The van der Waals surface area contributed by atoms with Gasteiger partial charge in [0.15, 0.2) is 0 Å². The van der Waals surface area contributed by atoms with Crippen LogP contribution in [0.25, 0.3) is 0 Å². The van der Waals surface area contributed by atoms with Crippen LogP contribution >= 0.6 is 15.9 Å². The summed E-state index contributed by atoms with van der Waals surface area (Å²) in [5.41, 5.74) is 0.394. The van der Waals surface area contributed by atoms with Crippen LogP contribution in [0.3, 0.4) is 0 Å². The Morgan fingerprint density at radius 2 is 2.06 bits per heavy atom. The van der Waals surface area contributed by atoms with Gasteiger partial charge in [-0.05, 0) is 24.6 Å². The van der Waals surface area contributed by atoms with Gasteiger partial charge in [-0.15, -0.1) is 0 Å². The molecule has 0 aliphatic heterocycles. The van der Waals surface area contributed by atoms with Gasteiger partial charge in [-0.2, -0.15) is 0 Å². The number of halogens is 2. The molecule has 1 N–H and O–H groups in total. The molecule has 1 rings (SSSR count). The van der Waals surface area contributed by atoms with E-state index in [1.165, 1.54) is 18.9 Å². The molecule has 0 heterocycles. The van der Waals surface area contributed by atoms with Gasteiger partial charge in [0.25, 0.3) is 0 Å². The normalized spacial score (nSPS) is 12.8. The predicted molar refractivity (Wildman–Crippen MR) is 67.8 cm³/mol. The second kappa shape index (κ2) is 7.02. The van der Waals surface area contributed by atoms with Gasteiger partial charge in [-0.1, -0.05) is 48.5 Å². The van der Waals surface area contributed by atoms with Gasteiger partial charge < -0.3 is 5.11 Å². The SMILES string of the molecule is CCCCCCC(O)c1cc(Br)ccc1F. The molecule has 0 amide bonds. The maximum atomic E-state index is 13.4. The quantitative estimate of drug-likeness (QED) is 0.759. The highest BCUT2D eigenvalue weighted by Crippen LogP contribution is 2.25. The topological polar surface area (TPSA) is 20.2 Å². The van der Waals surface area contributed by atoms with Gasteiger partial charge in [0.1, 0.15) is 5.82 Å². The molecule has 3 heteroatoms. The zero-order valence-corrected chi connectivity index (χ0v) is 11.1. The van der Waals surface area contributed by atoms with Crippen molar-refractivity contribution in [1.29, 1.82) is 0 Å². The highest BCUT2D eigenvalue weighted by atomic mass is 79.9. The number of rotatable bonds is 6. The van der Waals surface area contributed by atoms with E-state index in [1.807, 2.05) is 0 Å². The van der Waals surface area contributed by atoms with Crippen LogP contribution in [0.4, 0.5) is 4.39 Å². The lowest BCUT2D eigenvalue weighted by molar-refractivity contribution is 0.159. The molecule has 1 aromatic rings. The van der Waals surface area contributed by atoms with Crippen molar-refractivity contribution < 1.29 is 9.50 Å². The molecule has 1 nitrogen and oxygen atoms in total. The van der Waals surface area contributed by atoms with Crippen LogP contribution in [-0.4, -0.2) is 5.11 Å². The van der Waals surface area contributed by atoms with Crippen LogP contribution in [0, 0.1) is 5.82 Å². The highest BCUT2D eigenvalue weighted by Gasteiger charge is 2.12. The van der Waals surface area contributed by atoms with E-state index in [9.17, 15) is 9.50 Å². The lowest BCUT2D eigenvalue weighted by atomic mass is 10.0. The van der Waals surface area contributed by atoms with Gasteiger partial charge in [0, 0.05) is 10.0 Å². The van der Waals surface area contributed by atoms with Crippen molar-refractivity contribution in [2.75, 3.05) is 0 Å². The molecule has 90 valence electrons. The summed E-state index contributed by atoms with van der Waals surface area (Å²) in [5, 5.41) is 9.86. The van der Waals surface area contributed by atoms with E-state index in [2.05, 4.69) is 22.9 Å². The molecule has 0 aliphatic carbocycles. The first-order valence-electron chi connectivity index (χ1n) is 5.78. The monoisotopic (exact) mass is 288 g/mol. The van der Waals surface area contributed by atoms with Gasteiger partial charge in [0.05, 0.1) is 6.10 Å². The minimum absolute atomic E-state index is 0.328. The molecular formula is C13H18BrFO. The summed E-state index contributed by atoms with van der Waals surface area (Å²) in [5.74, 6) is -0.328. The summed E-state index contributed by atoms with van der Waals surface area (Å²) in [6.45, 7) is 2.14. The maximum Gasteiger partial charge on any atom is 0.129 e. The molecule has 1 unspecified atom stereocenters.